The van der Waals surface area contributed by atoms with Crippen LogP contribution in [0.25, 0.3) is 11.1 Å². The summed E-state index contributed by atoms with van der Waals surface area (Å²) in [5.74, 6) is 0.554. The molecule has 132 valence electrons. The van der Waals surface area contributed by atoms with Crippen LogP contribution in [0, 0.1) is 11.8 Å². The number of hydrogen-bond donors (Lipinski definition) is 2. The van der Waals surface area contributed by atoms with E-state index in [0.717, 1.165) is 25.4 Å². The number of aromatic nitrogens is 1. The third-order valence-electron chi connectivity index (χ3n) is 5.50. The molecule has 2 aromatic rings. The highest BCUT2D eigenvalue weighted by Crippen LogP contribution is 2.36. The Morgan fingerprint density at radius 3 is 2.84 bits per heavy atom. The van der Waals surface area contributed by atoms with Gasteiger partial charge >= 0.3 is 6.03 Å². The lowest BCUT2D eigenvalue weighted by Gasteiger charge is -2.41. The van der Waals surface area contributed by atoms with Gasteiger partial charge in [0.2, 0.25) is 11.5 Å². The van der Waals surface area contributed by atoms with E-state index in [9.17, 15) is 9.59 Å². The smallest absolute Gasteiger partial charge is 0.321 e. The zero-order valence-corrected chi connectivity index (χ0v) is 14.0. The summed E-state index contributed by atoms with van der Waals surface area (Å²) in [6.45, 7) is 1.52. The molecule has 1 saturated heterocycles. The zero-order valence-electron chi connectivity index (χ0n) is 14.0. The fourth-order valence-corrected chi connectivity index (χ4v) is 4.20. The molecule has 3 N–H and O–H groups in total. The Balaban J connectivity index is 1.55. The summed E-state index contributed by atoms with van der Waals surface area (Å²) in [6.07, 6.45) is 7.65. The van der Waals surface area contributed by atoms with Crippen molar-refractivity contribution in [3.63, 3.8) is 0 Å². The van der Waals surface area contributed by atoms with Crippen LogP contribution in [0.1, 0.15) is 42.7 Å². The van der Waals surface area contributed by atoms with Gasteiger partial charge < -0.3 is 20.4 Å². The molecule has 2 fully saturated rings. The number of rotatable bonds is 2. The summed E-state index contributed by atoms with van der Waals surface area (Å²) in [5, 5.41) is 3.41. The molecular formula is C18H22N4O3. The number of nitrogens with one attached hydrogen (secondary N) is 1. The molecular weight excluding hydrogens is 320 g/mol. The molecule has 0 aromatic carbocycles. The number of carbonyl (C=O) groups is 2. The minimum absolute atomic E-state index is 0.0606. The Morgan fingerprint density at radius 1 is 1.24 bits per heavy atom. The summed E-state index contributed by atoms with van der Waals surface area (Å²) >= 11 is 0. The predicted octanol–water partition coefficient (Wildman–Crippen LogP) is 2.97. The average Bonchev–Trinajstić information content (AvgIpc) is 3.00. The molecule has 7 heteroatoms. The Hall–Kier alpha value is -2.57. The van der Waals surface area contributed by atoms with Crippen LogP contribution in [0.2, 0.25) is 0 Å². The first-order valence-corrected chi connectivity index (χ1v) is 8.86. The lowest BCUT2D eigenvalue weighted by molar-refractivity contribution is 0.0976. The summed E-state index contributed by atoms with van der Waals surface area (Å²) in [7, 11) is 0. The van der Waals surface area contributed by atoms with Gasteiger partial charge in [-0.25, -0.2) is 9.78 Å². The number of fused-ring (bicyclic) bond motifs is 2. The molecule has 0 spiro atoms. The minimum atomic E-state index is -0.723. The Morgan fingerprint density at radius 2 is 2.04 bits per heavy atom. The molecule has 2 aromatic heterocycles. The molecule has 0 bridgehead atoms. The summed E-state index contributed by atoms with van der Waals surface area (Å²) in [5.41, 5.74) is 6.00. The second-order valence-electron chi connectivity index (χ2n) is 7.00. The van der Waals surface area contributed by atoms with Crippen molar-refractivity contribution in [2.75, 3.05) is 18.4 Å². The van der Waals surface area contributed by atoms with E-state index in [1.54, 1.807) is 18.3 Å². The quantitative estimate of drug-likeness (QED) is 0.876. The Bertz CT molecular complexity index is 816. The lowest BCUT2D eigenvalue weighted by atomic mass is 9.75. The number of piperidine rings is 1. The Labute approximate surface area is 145 Å². The highest BCUT2D eigenvalue weighted by atomic mass is 16.4. The maximum Gasteiger partial charge on any atom is 0.321 e. The van der Waals surface area contributed by atoms with Crippen LogP contribution in [-0.4, -0.2) is 34.9 Å². The van der Waals surface area contributed by atoms with E-state index in [-0.39, 0.29) is 17.5 Å². The number of hydrogen-bond acceptors (Lipinski definition) is 4. The monoisotopic (exact) mass is 342 g/mol. The van der Waals surface area contributed by atoms with E-state index < -0.39 is 5.91 Å². The van der Waals surface area contributed by atoms with Crippen LogP contribution in [0.5, 0.6) is 0 Å². The number of carbonyl (C=O) groups excluding carboxylic acids is 2. The average molecular weight is 342 g/mol. The highest BCUT2D eigenvalue weighted by Gasteiger charge is 2.33. The molecule has 7 nitrogen and oxygen atoms in total. The first-order chi connectivity index (χ1) is 12.1. The van der Waals surface area contributed by atoms with E-state index in [1.807, 2.05) is 4.90 Å². The van der Waals surface area contributed by atoms with Crippen molar-refractivity contribution < 1.29 is 14.0 Å². The van der Waals surface area contributed by atoms with Crippen molar-refractivity contribution >= 4 is 28.7 Å². The van der Waals surface area contributed by atoms with Crippen LogP contribution >= 0.6 is 0 Å². The van der Waals surface area contributed by atoms with Crippen molar-refractivity contribution in [2.45, 2.75) is 32.1 Å². The first kappa shape index (κ1) is 15.9. The number of nitrogens with two attached hydrogens (primary N) is 1. The predicted molar refractivity (Wildman–Crippen MR) is 93.2 cm³/mol. The number of pyridine rings is 1. The molecule has 0 radical (unpaired) electrons. The molecule has 3 heterocycles. The number of primary amides is 1. The van der Waals surface area contributed by atoms with E-state index in [1.165, 1.54) is 25.7 Å². The molecule has 3 amide bonds. The van der Waals surface area contributed by atoms with Crippen LogP contribution < -0.4 is 11.1 Å². The largest absolute Gasteiger partial charge is 0.430 e. The van der Waals surface area contributed by atoms with Gasteiger partial charge in [0, 0.05) is 19.3 Å². The standard InChI is InChI=1S/C18H22N4O3/c19-16(23)15-14(13-6-3-8-20-17(13)25-15)21-18(24)22-9-7-11-4-1-2-5-12(11)10-22/h3,6,8,11-12H,1-2,4-5,7,9-10H2,(H2,19,23)(H,21,24). The topological polar surface area (TPSA) is 101 Å². The van der Waals surface area contributed by atoms with Crippen LogP contribution in [-0.2, 0) is 0 Å². The van der Waals surface area contributed by atoms with E-state index in [0.29, 0.717) is 17.0 Å². The number of furan rings is 1. The maximum atomic E-state index is 12.8. The van der Waals surface area contributed by atoms with Gasteiger partial charge in [-0.3, -0.25) is 4.79 Å². The van der Waals surface area contributed by atoms with Crippen LogP contribution in [0.15, 0.2) is 22.7 Å². The van der Waals surface area contributed by atoms with Gasteiger partial charge in [0.15, 0.2) is 0 Å². The number of urea groups is 1. The van der Waals surface area contributed by atoms with Crippen molar-refractivity contribution in [3.05, 3.63) is 24.1 Å². The number of amides is 3. The molecule has 2 aliphatic rings. The van der Waals surface area contributed by atoms with E-state index in [4.69, 9.17) is 10.2 Å². The molecule has 25 heavy (non-hydrogen) atoms. The zero-order chi connectivity index (χ0) is 17.4. The fourth-order valence-electron chi connectivity index (χ4n) is 4.20. The summed E-state index contributed by atoms with van der Waals surface area (Å²) in [6, 6.07) is 3.27. The van der Waals surface area contributed by atoms with Crippen LogP contribution in [0.3, 0.4) is 0 Å². The van der Waals surface area contributed by atoms with Gasteiger partial charge in [0.1, 0.15) is 5.69 Å². The molecule has 4 rings (SSSR count). The van der Waals surface area contributed by atoms with Crippen molar-refractivity contribution in [1.82, 2.24) is 9.88 Å². The highest BCUT2D eigenvalue weighted by molar-refractivity contribution is 6.09. The van der Waals surface area contributed by atoms with Crippen molar-refractivity contribution in [3.8, 4) is 0 Å². The van der Waals surface area contributed by atoms with Gasteiger partial charge in [0.25, 0.3) is 5.91 Å². The number of likely N-dealkylation sites (tertiary alicyclic amines) is 1. The molecule has 1 aliphatic carbocycles. The number of anilines is 1. The van der Waals surface area contributed by atoms with Gasteiger partial charge in [-0.1, -0.05) is 19.3 Å². The number of nitrogens with zero attached hydrogens (tertiary/aromatic N) is 2. The molecule has 1 saturated carbocycles. The SMILES string of the molecule is NC(=O)c1oc2ncccc2c1NC(=O)N1CCC2CCCCC2C1. The Kier molecular flexibility index (Phi) is 4.07. The molecule has 1 aliphatic heterocycles. The second-order valence-corrected chi connectivity index (χ2v) is 7.00. The van der Waals surface area contributed by atoms with Gasteiger partial charge in [-0.05, 0) is 36.8 Å². The van der Waals surface area contributed by atoms with Crippen molar-refractivity contribution in [1.29, 1.82) is 0 Å². The molecule has 2 atom stereocenters. The summed E-state index contributed by atoms with van der Waals surface area (Å²) in [4.78, 5) is 30.4. The van der Waals surface area contributed by atoms with Crippen LogP contribution in [0.4, 0.5) is 10.5 Å². The minimum Gasteiger partial charge on any atom is -0.430 e. The summed E-state index contributed by atoms with van der Waals surface area (Å²) < 4.78 is 5.42. The van der Waals surface area contributed by atoms with Gasteiger partial charge in [0.05, 0.1) is 5.39 Å². The van der Waals surface area contributed by atoms with E-state index >= 15 is 0 Å². The van der Waals surface area contributed by atoms with Gasteiger partial charge in [-0.15, -0.1) is 0 Å². The molecule has 2 unspecified atom stereocenters. The van der Waals surface area contributed by atoms with E-state index in [2.05, 4.69) is 10.3 Å². The normalized spacial score (nSPS) is 23.3. The van der Waals surface area contributed by atoms with Gasteiger partial charge in [-0.2, -0.15) is 0 Å². The second kappa shape index (κ2) is 6.38. The maximum absolute atomic E-state index is 12.8. The third-order valence-corrected chi connectivity index (χ3v) is 5.50. The first-order valence-electron chi connectivity index (χ1n) is 8.86. The fraction of sp³-hybridized carbons (Fsp3) is 0.500. The third kappa shape index (κ3) is 2.94. The van der Waals surface area contributed by atoms with Crippen molar-refractivity contribution in [2.24, 2.45) is 17.6 Å². The lowest BCUT2D eigenvalue weighted by Crippen LogP contribution is -2.46.